The Morgan fingerprint density at radius 1 is 1.29 bits per heavy atom. The molecule has 1 aliphatic heterocycles. The average Bonchev–Trinajstić information content (AvgIpc) is 2.61. The van der Waals surface area contributed by atoms with Crippen LogP contribution in [-0.2, 0) is 0 Å². The molecule has 0 bridgehead atoms. The normalized spacial score (nSPS) is 14.8. The summed E-state index contributed by atoms with van der Waals surface area (Å²) in [5.41, 5.74) is 0. The van der Waals surface area contributed by atoms with Crippen LogP contribution in [-0.4, -0.2) is 73.2 Å². The lowest BCUT2D eigenvalue weighted by atomic mass is 10.3. The van der Waals surface area contributed by atoms with Gasteiger partial charge in [-0.3, -0.25) is 0 Å². The van der Waals surface area contributed by atoms with E-state index in [-0.39, 0.29) is 18.4 Å². The highest BCUT2D eigenvalue weighted by Crippen LogP contribution is 2.03. The second-order valence-electron chi connectivity index (χ2n) is 5.81. The Kier molecular flexibility index (Phi) is 9.49. The Hall–Kier alpha value is -1.53. The van der Waals surface area contributed by atoms with E-state index in [1.807, 2.05) is 41.8 Å². The molecule has 1 N–H and O–H groups in total. The molecule has 2 rings (SSSR count). The maximum Gasteiger partial charge on any atom is 0.320 e. The van der Waals surface area contributed by atoms with Crippen LogP contribution in [0.2, 0.25) is 0 Å². The molecular weight excluding hydrogens is 328 g/mol. The largest absolute Gasteiger partial charge is 1.00 e. The maximum atomic E-state index is 12.3. The van der Waals surface area contributed by atoms with Gasteiger partial charge in [-0.05, 0) is 19.9 Å². The van der Waals surface area contributed by atoms with Gasteiger partial charge in [0, 0.05) is 31.8 Å². The number of carbonyl (C=O) groups is 1. The predicted octanol–water partition coefficient (Wildman–Crippen LogP) is -2.48. The van der Waals surface area contributed by atoms with Gasteiger partial charge in [0.1, 0.15) is 0 Å². The lowest BCUT2D eigenvalue weighted by Gasteiger charge is -2.35. The van der Waals surface area contributed by atoms with E-state index in [4.69, 9.17) is 4.74 Å². The summed E-state index contributed by atoms with van der Waals surface area (Å²) >= 11 is 0. The van der Waals surface area contributed by atoms with Crippen molar-refractivity contribution < 1.29 is 26.8 Å². The molecule has 0 aliphatic carbocycles. The van der Waals surface area contributed by atoms with Gasteiger partial charge in [0.05, 0.1) is 39.3 Å². The van der Waals surface area contributed by atoms with E-state index in [9.17, 15) is 4.79 Å². The quantitative estimate of drug-likeness (QED) is 0.550. The fraction of sp³-hybridized carbons (Fsp3) is 0.647. The smallest absolute Gasteiger partial charge is 0.320 e. The topological polar surface area (TPSA) is 50.1 Å². The minimum atomic E-state index is 0. The Bertz CT molecular complexity index is 463. The zero-order valence-electron chi connectivity index (χ0n) is 14.7. The summed E-state index contributed by atoms with van der Waals surface area (Å²) in [5.74, 6) is 0.692. The van der Waals surface area contributed by atoms with Gasteiger partial charge in [0.15, 0.2) is 0 Å². The second-order valence-corrected chi connectivity index (χ2v) is 5.81. The first-order valence-corrected chi connectivity index (χ1v) is 8.65. The monoisotopic (exact) mass is 356 g/mol. The number of hydrogen-bond acceptors (Lipinski definition) is 3. The highest BCUT2D eigenvalue weighted by atomic mass is 35.5. The van der Waals surface area contributed by atoms with Crippen molar-refractivity contribution in [2.75, 3.05) is 52.4 Å². The minimum absolute atomic E-state index is 0. The number of quaternary nitrogens is 1. The summed E-state index contributed by atoms with van der Waals surface area (Å²) in [4.78, 5) is 21.9. The molecule has 1 fully saturated rings. The number of rotatable bonds is 7. The molecule has 1 aliphatic rings. The van der Waals surface area contributed by atoms with E-state index in [0.717, 1.165) is 52.2 Å². The van der Waals surface area contributed by atoms with E-state index in [0.29, 0.717) is 12.5 Å². The number of halogens is 1. The van der Waals surface area contributed by atoms with E-state index in [2.05, 4.69) is 4.98 Å². The number of amides is 2. The lowest BCUT2D eigenvalue weighted by Crippen LogP contribution is -3.14. The molecule has 7 heteroatoms. The number of carbonyl (C=O) groups excluding carboxylic acids is 1. The second kappa shape index (κ2) is 11.1. The van der Waals surface area contributed by atoms with Crippen molar-refractivity contribution >= 4 is 6.03 Å². The van der Waals surface area contributed by atoms with Crippen LogP contribution in [0.4, 0.5) is 4.79 Å². The molecule has 0 atom stereocenters. The number of nitrogens with one attached hydrogen (secondary N) is 1. The molecule has 0 radical (unpaired) electrons. The zero-order valence-corrected chi connectivity index (χ0v) is 15.5. The van der Waals surface area contributed by atoms with Gasteiger partial charge in [-0.25, -0.2) is 9.78 Å². The number of piperazine rings is 1. The average molecular weight is 357 g/mol. The molecule has 1 aromatic rings. The fourth-order valence-corrected chi connectivity index (χ4v) is 2.89. The van der Waals surface area contributed by atoms with Crippen LogP contribution >= 0.6 is 0 Å². The Balaban J connectivity index is 0.00000288. The Morgan fingerprint density at radius 2 is 2.00 bits per heavy atom. The third kappa shape index (κ3) is 6.17. The molecule has 0 unspecified atom stereocenters. The van der Waals surface area contributed by atoms with Gasteiger partial charge in [-0.15, -0.1) is 0 Å². The lowest BCUT2D eigenvalue weighted by molar-refractivity contribution is -0.904. The molecule has 0 saturated carbocycles. The zero-order chi connectivity index (χ0) is 16.5. The highest BCUT2D eigenvalue weighted by Gasteiger charge is 2.25. The summed E-state index contributed by atoms with van der Waals surface area (Å²) in [6.45, 7) is 11.2. The summed E-state index contributed by atoms with van der Waals surface area (Å²) < 4.78 is 5.62. The molecule has 136 valence electrons. The standard InChI is InChI=1S/C17H28N4O2.ClH/c1-3-20(4-2)17(22)21-13-11-19(12-14-21)10-7-15-23-16-8-5-6-9-18-16;/h5-6,8-9H,3-4,7,10-15H2,1-2H3;1H. The van der Waals surface area contributed by atoms with Gasteiger partial charge >= 0.3 is 6.03 Å². The van der Waals surface area contributed by atoms with Gasteiger partial charge in [0.2, 0.25) is 5.88 Å². The van der Waals surface area contributed by atoms with Crippen molar-refractivity contribution in [1.29, 1.82) is 0 Å². The molecule has 0 aromatic carbocycles. The molecule has 0 spiro atoms. The molecule has 1 saturated heterocycles. The molecule has 24 heavy (non-hydrogen) atoms. The molecule has 6 nitrogen and oxygen atoms in total. The number of aromatic nitrogens is 1. The SMILES string of the molecule is CCN(CC)C(=O)N1CC[NH+](CCCOc2ccccn2)CC1.[Cl-]. The highest BCUT2D eigenvalue weighted by molar-refractivity contribution is 5.74. The van der Waals surface area contributed by atoms with Crippen LogP contribution < -0.4 is 22.0 Å². The number of urea groups is 1. The number of pyridine rings is 1. The van der Waals surface area contributed by atoms with Crippen LogP contribution in [0.15, 0.2) is 24.4 Å². The fourth-order valence-electron chi connectivity index (χ4n) is 2.89. The first-order chi connectivity index (χ1) is 11.2. The van der Waals surface area contributed by atoms with Crippen molar-refractivity contribution in [3.8, 4) is 5.88 Å². The first-order valence-electron chi connectivity index (χ1n) is 8.65. The summed E-state index contributed by atoms with van der Waals surface area (Å²) in [6, 6.07) is 5.88. The van der Waals surface area contributed by atoms with Crippen molar-refractivity contribution in [1.82, 2.24) is 14.8 Å². The van der Waals surface area contributed by atoms with E-state index < -0.39 is 0 Å². The van der Waals surface area contributed by atoms with Crippen LogP contribution in [0.3, 0.4) is 0 Å². The summed E-state index contributed by atoms with van der Waals surface area (Å²) in [6.07, 6.45) is 2.75. The van der Waals surface area contributed by atoms with Crippen LogP contribution in [0.25, 0.3) is 0 Å². The van der Waals surface area contributed by atoms with Gasteiger partial charge < -0.3 is 31.8 Å². The number of nitrogens with zero attached hydrogens (tertiary/aromatic N) is 3. The van der Waals surface area contributed by atoms with Crippen LogP contribution in [0.1, 0.15) is 20.3 Å². The predicted molar refractivity (Wildman–Crippen MR) is 89.8 cm³/mol. The van der Waals surface area contributed by atoms with Gasteiger partial charge in [-0.1, -0.05) is 6.07 Å². The molecule has 2 heterocycles. The molecule has 2 amide bonds. The van der Waals surface area contributed by atoms with Crippen LogP contribution in [0, 0.1) is 0 Å². The third-order valence-electron chi connectivity index (χ3n) is 4.34. The van der Waals surface area contributed by atoms with Crippen molar-refractivity contribution in [3.63, 3.8) is 0 Å². The minimum Gasteiger partial charge on any atom is -1.00 e. The first kappa shape index (κ1) is 20.5. The van der Waals surface area contributed by atoms with E-state index in [1.54, 1.807) is 11.1 Å². The molecule has 1 aromatic heterocycles. The number of ether oxygens (including phenoxy) is 1. The Labute approximate surface area is 151 Å². The van der Waals surface area contributed by atoms with Crippen molar-refractivity contribution in [2.45, 2.75) is 20.3 Å². The van der Waals surface area contributed by atoms with E-state index >= 15 is 0 Å². The van der Waals surface area contributed by atoms with E-state index in [1.165, 1.54) is 0 Å². The summed E-state index contributed by atoms with van der Waals surface area (Å²) in [5, 5.41) is 0. The maximum absolute atomic E-state index is 12.3. The van der Waals surface area contributed by atoms with Crippen molar-refractivity contribution in [2.24, 2.45) is 0 Å². The van der Waals surface area contributed by atoms with Crippen molar-refractivity contribution in [3.05, 3.63) is 24.4 Å². The summed E-state index contributed by atoms with van der Waals surface area (Å²) in [7, 11) is 0. The Morgan fingerprint density at radius 3 is 2.58 bits per heavy atom. The van der Waals surface area contributed by atoms with Crippen LogP contribution in [0.5, 0.6) is 5.88 Å². The van der Waals surface area contributed by atoms with Gasteiger partial charge in [0.25, 0.3) is 0 Å². The molecular formula is C17H29ClN4O2. The number of hydrogen-bond donors (Lipinski definition) is 1. The third-order valence-corrected chi connectivity index (χ3v) is 4.34. The van der Waals surface area contributed by atoms with Gasteiger partial charge in [-0.2, -0.15) is 0 Å².